The predicted octanol–water partition coefficient (Wildman–Crippen LogP) is 26.5. The van der Waals surface area contributed by atoms with Crippen molar-refractivity contribution < 1.29 is 11.0 Å². The van der Waals surface area contributed by atoms with E-state index < -0.39 is 43.0 Å². The first-order chi connectivity index (χ1) is 56.5. The first-order valence-corrected chi connectivity index (χ1v) is 38.5. The average Bonchev–Trinajstić information content (AvgIpc) is 1.70. The van der Waals surface area contributed by atoms with Crippen LogP contribution in [0.3, 0.4) is 0 Å². The number of para-hydroxylation sites is 2. The molecule has 0 saturated carbocycles. The fraction of sp³-hybridized carbons (Fsp3) is 0.143. The molecule has 2 aromatic heterocycles. The normalized spacial score (nSPS) is 14.6. The van der Waals surface area contributed by atoms with E-state index in [0.717, 1.165) is 128 Å². The van der Waals surface area contributed by atoms with E-state index in [2.05, 4.69) is 364 Å². The van der Waals surface area contributed by atoms with Crippen LogP contribution in [0.15, 0.2) is 327 Å². The lowest BCUT2D eigenvalue weighted by Crippen LogP contribution is -2.61. The second kappa shape index (κ2) is 24.8. The molecule has 15 aromatic carbocycles. The van der Waals surface area contributed by atoms with E-state index >= 15 is 0 Å². The molecule has 2 aliphatic heterocycles. The van der Waals surface area contributed by atoms with Crippen molar-refractivity contribution in [3.63, 3.8) is 0 Å². The van der Waals surface area contributed by atoms with Crippen molar-refractivity contribution in [2.45, 2.75) is 97.8 Å². The van der Waals surface area contributed by atoms with Crippen LogP contribution in [-0.2, 0) is 21.7 Å². The molecule has 0 N–H and O–H groups in total. The molecule has 110 heavy (non-hydrogen) atoms. The zero-order valence-corrected chi connectivity index (χ0v) is 63.9. The maximum absolute atomic E-state index is 9.97. The fourth-order valence-corrected chi connectivity index (χ4v) is 18.1. The summed E-state index contributed by atoms with van der Waals surface area (Å²) in [5.74, 6) is 0. The molecule has 0 radical (unpaired) electrons. The Morgan fingerprint density at radius 1 is 0.300 bits per heavy atom. The van der Waals surface area contributed by atoms with E-state index in [0.29, 0.717) is 5.69 Å². The molecule has 0 atom stereocenters. The molecular formula is C105H87BN4. The van der Waals surface area contributed by atoms with Gasteiger partial charge in [0.15, 0.2) is 0 Å². The molecule has 20 rings (SSSR count). The maximum Gasteiger partial charge on any atom is 0.252 e. The molecule has 4 heterocycles. The quantitative estimate of drug-likeness (QED) is 0.134. The number of fused-ring (bicyclic) bond motifs is 13. The van der Waals surface area contributed by atoms with Gasteiger partial charge < -0.3 is 18.9 Å². The molecule has 0 unspecified atom stereocenters. The van der Waals surface area contributed by atoms with Gasteiger partial charge in [-0.3, -0.25) is 0 Å². The minimum Gasteiger partial charge on any atom is -0.311 e. The molecular weight excluding hydrogens is 1330 g/mol. The first-order valence-electron chi connectivity index (χ1n) is 42.5. The zero-order valence-electron chi connectivity index (χ0n) is 71.9. The number of hydrogen-bond acceptors (Lipinski definition) is 2. The lowest BCUT2D eigenvalue weighted by atomic mass is 9.33. The molecule has 3 aliphatic rings. The van der Waals surface area contributed by atoms with E-state index in [1.165, 1.54) is 44.2 Å². The van der Waals surface area contributed by atoms with Crippen LogP contribution in [-0.4, -0.2) is 15.8 Å². The van der Waals surface area contributed by atoms with E-state index in [9.17, 15) is 11.0 Å². The van der Waals surface area contributed by atoms with Gasteiger partial charge in [0.05, 0.1) is 38.7 Å². The molecule has 0 bridgehead atoms. The van der Waals surface area contributed by atoms with Crippen molar-refractivity contribution in [2.75, 3.05) is 9.80 Å². The van der Waals surface area contributed by atoms with Gasteiger partial charge >= 0.3 is 0 Å². The van der Waals surface area contributed by atoms with E-state index in [1.54, 1.807) is 4.57 Å². The minimum atomic E-state index is -0.532. The van der Waals surface area contributed by atoms with Crippen molar-refractivity contribution >= 4 is 101 Å². The number of rotatable bonds is 9. The molecule has 0 fully saturated rings. The summed E-state index contributed by atoms with van der Waals surface area (Å²) in [5, 5.41) is 2.37. The highest BCUT2D eigenvalue weighted by molar-refractivity contribution is 7.00. The van der Waals surface area contributed by atoms with Gasteiger partial charge in [-0.05, 0) is 219 Å². The van der Waals surface area contributed by atoms with Crippen LogP contribution in [0.5, 0.6) is 0 Å². The summed E-state index contributed by atoms with van der Waals surface area (Å²) in [6, 6.07) is 99.2. The first kappa shape index (κ1) is 58.6. The Bertz CT molecular complexity index is 6860. The van der Waals surface area contributed by atoms with E-state index in [4.69, 9.17) is 0 Å². The average molecular weight is 1420 g/mol. The molecule has 0 amide bonds. The zero-order chi connectivity index (χ0) is 81.8. The molecule has 530 valence electrons. The maximum atomic E-state index is 9.97. The number of benzene rings is 15. The minimum absolute atomic E-state index is 0.00856. The standard InChI is InChI=1S/C105H87BN4/c1-102(2,3)73-47-53-93-85(60-73)86-61-74(103(4,5)6)48-54-94(86)108(93)76-49-51-89-95(64-76)109(78-56-70(66-31-16-12-17-32-66)55-71(57-78)67-33-18-13-19-34-67)97-58-72(79-42-30-44-88-99(79)82-41-24-27-43-87(82)105(88,10)11)59-98-100(97)106(89)90-52-50-77(107-91-45-28-25-39-80(91)81-40-26-29-46-92(81)107)65-96(90)110(98)101-83(68-35-20-14-21-36-68)62-75(104(7,8)9)63-84(101)69-37-22-15-23-38-69/h12-65H,1-11H3/i25D,26D,28D,29D,39D,40D,45D,46D. The lowest BCUT2D eigenvalue weighted by molar-refractivity contribution is 0.590. The summed E-state index contributed by atoms with van der Waals surface area (Å²) in [6.45, 7) is 24.7. The summed E-state index contributed by atoms with van der Waals surface area (Å²) in [5.41, 5.74) is 29.7. The van der Waals surface area contributed by atoms with E-state index in [1.807, 2.05) is 6.07 Å². The molecule has 5 heteroatoms. The summed E-state index contributed by atoms with van der Waals surface area (Å²) < 4.78 is 80.6. The molecule has 0 saturated heterocycles. The van der Waals surface area contributed by atoms with Gasteiger partial charge in [0.25, 0.3) is 6.71 Å². The van der Waals surface area contributed by atoms with Gasteiger partial charge in [-0.15, -0.1) is 0 Å². The van der Waals surface area contributed by atoms with Crippen LogP contribution >= 0.6 is 0 Å². The Balaban J connectivity index is 0.994. The molecule has 4 nitrogen and oxygen atoms in total. The van der Waals surface area contributed by atoms with Crippen molar-refractivity contribution in [2.24, 2.45) is 0 Å². The van der Waals surface area contributed by atoms with E-state index in [-0.39, 0.29) is 55.6 Å². The van der Waals surface area contributed by atoms with Gasteiger partial charge in [0, 0.05) is 77.9 Å². The van der Waals surface area contributed by atoms with Crippen LogP contribution in [0.2, 0.25) is 0 Å². The second-order valence-corrected chi connectivity index (χ2v) is 33.9. The topological polar surface area (TPSA) is 16.3 Å². The Morgan fingerprint density at radius 3 is 1.25 bits per heavy atom. The number of nitrogens with zero attached hydrogens (tertiary/aromatic N) is 4. The molecule has 1 aliphatic carbocycles. The van der Waals surface area contributed by atoms with Crippen molar-refractivity contribution in [1.82, 2.24) is 9.13 Å². The van der Waals surface area contributed by atoms with Crippen molar-refractivity contribution in [1.29, 1.82) is 0 Å². The summed E-state index contributed by atoms with van der Waals surface area (Å²) >= 11 is 0. The SMILES string of the molecule is [2H]c1c([2H])c([2H])c2c(c1[2H])c1c([2H])c([2H])c([2H])c([2H])c1n2-c1ccc2c(c1)N(c1c(-c3ccccc3)cc(C(C)(C)C)cc1-c1ccccc1)c1cc(-c3cccc4c3-c3ccccc3C4(C)C)cc3c1B2c1ccc(-n2c4ccc(C(C)(C)C)cc4c4cc(C(C)(C)C)ccc42)cc1N3c1cc(-c2ccccc2)cc(-c2ccccc2)c1. The van der Waals surface area contributed by atoms with Crippen LogP contribution in [0, 0.1) is 0 Å². The van der Waals surface area contributed by atoms with Gasteiger partial charge in [-0.2, -0.15) is 0 Å². The molecule has 17 aromatic rings. The number of aromatic nitrogens is 2. The second-order valence-electron chi connectivity index (χ2n) is 33.9. The summed E-state index contributed by atoms with van der Waals surface area (Å²) in [6.07, 6.45) is 0. The number of hydrogen-bond donors (Lipinski definition) is 0. The van der Waals surface area contributed by atoms with Crippen LogP contribution in [0.25, 0.3) is 122 Å². The highest BCUT2D eigenvalue weighted by atomic mass is 15.2. The van der Waals surface area contributed by atoms with Crippen molar-refractivity contribution in [3.05, 3.63) is 355 Å². The third-order valence-electron chi connectivity index (χ3n) is 23.8. The van der Waals surface area contributed by atoms with Crippen LogP contribution < -0.4 is 26.2 Å². The predicted molar refractivity (Wildman–Crippen MR) is 470 cm³/mol. The lowest BCUT2D eigenvalue weighted by Gasteiger charge is -2.45. The molecule has 0 spiro atoms. The Labute approximate surface area is 658 Å². The summed E-state index contributed by atoms with van der Waals surface area (Å²) in [7, 11) is 0. The van der Waals surface area contributed by atoms with Crippen LogP contribution in [0.1, 0.15) is 115 Å². The Morgan fingerprint density at radius 2 is 0.736 bits per heavy atom. The van der Waals surface area contributed by atoms with Gasteiger partial charge in [0.2, 0.25) is 0 Å². The fourth-order valence-electron chi connectivity index (χ4n) is 18.1. The highest BCUT2D eigenvalue weighted by Gasteiger charge is 2.46. The van der Waals surface area contributed by atoms with Gasteiger partial charge in [0.1, 0.15) is 0 Å². The highest BCUT2D eigenvalue weighted by Crippen LogP contribution is 2.57. The van der Waals surface area contributed by atoms with Gasteiger partial charge in [-0.1, -0.05) is 300 Å². The Kier molecular flexibility index (Phi) is 13.2. The third kappa shape index (κ3) is 10.6. The van der Waals surface area contributed by atoms with Gasteiger partial charge in [-0.25, -0.2) is 0 Å². The number of anilines is 6. The smallest absolute Gasteiger partial charge is 0.252 e. The monoisotopic (exact) mass is 1420 g/mol. The Hall–Kier alpha value is -12.4. The van der Waals surface area contributed by atoms with Crippen molar-refractivity contribution in [3.8, 4) is 78.1 Å². The van der Waals surface area contributed by atoms with Crippen LogP contribution in [0.4, 0.5) is 34.1 Å². The largest absolute Gasteiger partial charge is 0.311 e. The third-order valence-corrected chi connectivity index (χ3v) is 23.8. The summed E-state index contributed by atoms with van der Waals surface area (Å²) in [4.78, 5) is 5.05.